The van der Waals surface area contributed by atoms with Gasteiger partial charge in [0.15, 0.2) is 0 Å². The highest BCUT2D eigenvalue weighted by molar-refractivity contribution is 4.90. The monoisotopic (exact) mass is 196 g/mol. The molecular weight excluding hydrogens is 172 g/mol. The Morgan fingerprint density at radius 3 is 2.36 bits per heavy atom. The maximum Gasteiger partial charge on any atom is -0.00430 e. The van der Waals surface area contributed by atoms with Crippen LogP contribution in [0, 0.1) is 23.7 Å². The lowest BCUT2D eigenvalue weighted by Gasteiger charge is -2.45. The molecule has 2 nitrogen and oxygen atoms in total. The van der Waals surface area contributed by atoms with Gasteiger partial charge >= 0.3 is 0 Å². The Labute approximate surface area is 87.4 Å². The minimum atomic E-state index is 0.722. The van der Waals surface area contributed by atoms with Crippen LogP contribution >= 0.6 is 0 Å². The van der Waals surface area contributed by atoms with Crippen LogP contribution in [0.15, 0.2) is 0 Å². The van der Waals surface area contributed by atoms with Crippen molar-refractivity contribution in [3.8, 4) is 0 Å². The number of nitrogens with two attached hydrogens (primary N) is 2. The van der Waals surface area contributed by atoms with Crippen molar-refractivity contribution in [2.45, 2.75) is 38.5 Å². The molecule has 82 valence electrons. The molecule has 2 aliphatic carbocycles. The van der Waals surface area contributed by atoms with Crippen molar-refractivity contribution in [2.75, 3.05) is 13.1 Å². The summed E-state index contributed by atoms with van der Waals surface area (Å²) in [5.74, 6) is 3.36. The predicted octanol–water partition coefficient (Wildman–Crippen LogP) is 1.74. The third kappa shape index (κ3) is 1.82. The second kappa shape index (κ2) is 4.63. The first kappa shape index (κ1) is 10.4. The molecule has 0 aromatic rings. The van der Waals surface area contributed by atoms with Crippen LogP contribution in [0.4, 0.5) is 0 Å². The van der Waals surface area contributed by atoms with Crippen LogP contribution in [0.1, 0.15) is 38.5 Å². The van der Waals surface area contributed by atoms with Gasteiger partial charge in [-0.3, -0.25) is 0 Å². The summed E-state index contributed by atoms with van der Waals surface area (Å²) in [4.78, 5) is 0. The van der Waals surface area contributed by atoms with Crippen LogP contribution in [0.25, 0.3) is 0 Å². The van der Waals surface area contributed by atoms with E-state index in [-0.39, 0.29) is 0 Å². The molecule has 2 heteroatoms. The molecule has 2 rings (SSSR count). The van der Waals surface area contributed by atoms with Gasteiger partial charge in [0, 0.05) is 0 Å². The third-order valence-corrected chi connectivity index (χ3v) is 4.61. The average Bonchev–Trinajstić information content (AvgIpc) is 2.27. The summed E-state index contributed by atoms with van der Waals surface area (Å²) in [6.07, 6.45) is 8.50. The molecule has 0 spiro atoms. The lowest BCUT2D eigenvalue weighted by atomic mass is 9.61. The van der Waals surface area contributed by atoms with Crippen molar-refractivity contribution in [3.63, 3.8) is 0 Å². The van der Waals surface area contributed by atoms with Gasteiger partial charge in [0.05, 0.1) is 0 Å². The van der Waals surface area contributed by atoms with Gasteiger partial charge in [0.25, 0.3) is 0 Å². The Morgan fingerprint density at radius 1 is 0.857 bits per heavy atom. The minimum absolute atomic E-state index is 0.722. The number of rotatable bonds is 2. The molecule has 4 unspecified atom stereocenters. The predicted molar refractivity (Wildman–Crippen MR) is 59.8 cm³/mol. The number of hydrogen-bond donors (Lipinski definition) is 2. The van der Waals surface area contributed by atoms with E-state index < -0.39 is 0 Å². The topological polar surface area (TPSA) is 52.0 Å². The van der Waals surface area contributed by atoms with Crippen molar-refractivity contribution in [1.29, 1.82) is 0 Å². The largest absolute Gasteiger partial charge is 0.330 e. The van der Waals surface area contributed by atoms with Crippen LogP contribution in [0.2, 0.25) is 0 Å². The van der Waals surface area contributed by atoms with Crippen molar-refractivity contribution < 1.29 is 0 Å². The smallest absolute Gasteiger partial charge is 0.00430 e. The first-order valence-electron chi connectivity index (χ1n) is 6.27. The Kier molecular flexibility index (Phi) is 3.45. The summed E-state index contributed by atoms with van der Waals surface area (Å²) in [6.45, 7) is 1.72. The van der Waals surface area contributed by atoms with Crippen molar-refractivity contribution in [1.82, 2.24) is 0 Å². The molecule has 2 fully saturated rings. The SMILES string of the molecule is NCC1CCC2CCCCC2C1CN. The molecule has 2 aliphatic rings. The van der Waals surface area contributed by atoms with E-state index in [1.54, 1.807) is 0 Å². The van der Waals surface area contributed by atoms with Crippen LogP contribution in [0.3, 0.4) is 0 Å². The van der Waals surface area contributed by atoms with E-state index in [2.05, 4.69) is 0 Å². The van der Waals surface area contributed by atoms with Crippen molar-refractivity contribution in [2.24, 2.45) is 35.1 Å². The highest BCUT2D eigenvalue weighted by Gasteiger charge is 2.38. The van der Waals surface area contributed by atoms with Gasteiger partial charge in [-0.25, -0.2) is 0 Å². The molecule has 2 saturated carbocycles. The van der Waals surface area contributed by atoms with E-state index >= 15 is 0 Å². The Hall–Kier alpha value is -0.0800. The molecular formula is C12H24N2. The molecule has 0 amide bonds. The van der Waals surface area contributed by atoms with E-state index in [0.29, 0.717) is 0 Å². The van der Waals surface area contributed by atoms with Gasteiger partial charge in [-0.15, -0.1) is 0 Å². The van der Waals surface area contributed by atoms with E-state index in [0.717, 1.165) is 36.8 Å². The average molecular weight is 196 g/mol. The van der Waals surface area contributed by atoms with E-state index in [1.807, 2.05) is 0 Å². The fourth-order valence-electron chi connectivity index (χ4n) is 3.81. The lowest BCUT2D eigenvalue weighted by molar-refractivity contribution is 0.0630. The quantitative estimate of drug-likeness (QED) is 0.707. The van der Waals surface area contributed by atoms with Gasteiger partial charge in [-0.1, -0.05) is 19.3 Å². The van der Waals surface area contributed by atoms with Gasteiger partial charge in [-0.2, -0.15) is 0 Å². The van der Waals surface area contributed by atoms with E-state index in [9.17, 15) is 0 Å². The fraction of sp³-hybridized carbons (Fsp3) is 1.00. The molecule has 0 saturated heterocycles. The van der Waals surface area contributed by atoms with Gasteiger partial charge in [-0.05, 0) is 56.0 Å². The third-order valence-electron chi connectivity index (χ3n) is 4.61. The Morgan fingerprint density at radius 2 is 1.64 bits per heavy atom. The molecule has 0 bridgehead atoms. The highest BCUT2D eigenvalue weighted by atomic mass is 14.6. The standard InChI is InChI=1S/C12H24N2/c13-7-10-6-5-9-3-1-2-4-11(9)12(10)8-14/h9-12H,1-8,13-14H2. The second-order valence-corrected chi connectivity index (χ2v) is 5.18. The molecule has 0 heterocycles. The molecule has 0 aliphatic heterocycles. The van der Waals surface area contributed by atoms with Crippen LogP contribution < -0.4 is 11.5 Å². The van der Waals surface area contributed by atoms with Crippen LogP contribution in [0.5, 0.6) is 0 Å². The highest BCUT2D eigenvalue weighted by Crippen LogP contribution is 2.45. The van der Waals surface area contributed by atoms with Gasteiger partial charge in [0.2, 0.25) is 0 Å². The van der Waals surface area contributed by atoms with Crippen LogP contribution in [-0.4, -0.2) is 13.1 Å². The zero-order valence-corrected chi connectivity index (χ0v) is 9.12. The lowest BCUT2D eigenvalue weighted by Crippen LogP contribution is -2.43. The summed E-state index contributed by atoms with van der Waals surface area (Å²) in [5, 5.41) is 0. The summed E-state index contributed by atoms with van der Waals surface area (Å²) in [7, 11) is 0. The number of fused-ring (bicyclic) bond motifs is 1. The summed E-state index contributed by atoms with van der Waals surface area (Å²) in [5.41, 5.74) is 11.8. The van der Waals surface area contributed by atoms with Crippen LogP contribution in [-0.2, 0) is 0 Å². The maximum atomic E-state index is 5.92. The molecule has 4 N–H and O–H groups in total. The van der Waals surface area contributed by atoms with Crippen molar-refractivity contribution >= 4 is 0 Å². The first-order valence-corrected chi connectivity index (χ1v) is 6.27. The number of hydrogen-bond acceptors (Lipinski definition) is 2. The first-order chi connectivity index (χ1) is 6.86. The molecule has 14 heavy (non-hydrogen) atoms. The fourth-order valence-corrected chi connectivity index (χ4v) is 3.81. The normalized spacial score (nSPS) is 43.3. The van der Waals surface area contributed by atoms with Crippen molar-refractivity contribution in [3.05, 3.63) is 0 Å². The summed E-state index contributed by atoms with van der Waals surface area (Å²) in [6, 6.07) is 0. The molecule has 0 radical (unpaired) electrons. The maximum absolute atomic E-state index is 5.92. The van der Waals surface area contributed by atoms with E-state index in [1.165, 1.54) is 38.5 Å². The van der Waals surface area contributed by atoms with Gasteiger partial charge < -0.3 is 11.5 Å². The van der Waals surface area contributed by atoms with E-state index in [4.69, 9.17) is 11.5 Å². The summed E-state index contributed by atoms with van der Waals surface area (Å²) < 4.78 is 0. The van der Waals surface area contributed by atoms with Gasteiger partial charge in [0.1, 0.15) is 0 Å². The molecule has 4 atom stereocenters. The summed E-state index contributed by atoms with van der Waals surface area (Å²) >= 11 is 0. The molecule has 0 aromatic heterocycles. The zero-order valence-electron chi connectivity index (χ0n) is 9.12. The zero-order chi connectivity index (χ0) is 9.97. The Balaban J connectivity index is 2.04. The second-order valence-electron chi connectivity index (χ2n) is 5.18. The Bertz CT molecular complexity index is 175. The molecule has 0 aromatic carbocycles. The minimum Gasteiger partial charge on any atom is -0.330 e.